The van der Waals surface area contributed by atoms with Crippen LogP contribution in [0.4, 0.5) is 0 Å². The van der Waals surface area contributed by atoms with Gasteiger partial charge in [-0.25, -0.2) is 0 Å². The van der Waals surface area contributed by atoms with E-state index < -0.39 is 0 Å². The van der Waals surface area contributed by atoms with E-state index in [1.807, 2.05) is 0 Å². The molecule has 0 radical (unpaired) electrons. The normalized spacial score (nSPS) is 8.14. The molecular formula is C7H23I2O4P. The topological polar surface area (TPSA) is 115 Å². The van der Waals surface area contributed by atoms with Crippen LogP contribution in [0.3, 0.4) is 0 Å². The summed E-state index contributed by atoms with van der Waals surface area (Å²) in [7, 11) is 2.70. The average molecular weight is 456 g/mol. The summed E-state index contributed by atoms with van der Waals surface area (Å²) in [4.78, 5) is 0. The first-order valence-corrected chi connectivity index (χ1v) is 10.8. The van der Waals surface area contributed by atoms with Gasteiger partial charge < -0.3 is 21.5 Å². The Morgan fingerprint density at radius 2 is 1.36 bits per heavy atom. The van der Waals surface area contributed by atoms with E-state index in [-0.39, 0.29) is 21.8 Å². The van der Waals surface area contributed by atoms with Gasteiger partial charge in [0.25, 0.3) is 0 Å². The van der Waals surface area contributed by atoms with Gasteiger partial charge in [0, 0.05) is 43.8 Å². The van der Waals surface area contributed by atoms with Crippen LogP contribution in [0.25, 0.3) is 0 Å². The first kappa shape index (κ1) is 29.6. The van der Waals surface area contributed by atoms with Gasteiger partial charge in [0.05, 0.1) is 0 Å². The molecule has 7 N–H and O–H groups in total. The molecule has 1 unspecified atom stereocenters. The van der Waals surface area contributed by atoms with E-state index in [1.165, 1.54) is 0 Å². The molecule has 0 fully saturated rings. The highest BCUT2D eigenvalue weighted by molar-refractivity contribution is 15.0. The summed E-state index contributed by atoms with van der Waals surface area (Å²) in [5, 5.41) is 8.96. The number of hydrogen-bond acceptors (Lipinski definition) is 1. The second-order valence-corrected chi connectivity index (χ2v) is 2.98. The van der Waals surface area contributed by atoms with Crippen LogP contribution in [0.15, 0.2) is 0 Å². The number of aliphatic hydroxyl groups excluding tert-OH is 1. The van der Waals surface area contributed by atoms with E-state index in [0.717, 1.165) is 19.0 Å². The summed E-state index contributed by atoms with van der Waals surface area (Å²) in [6.45, 7) is 4.58. The SMILES string of the molecule is CCC(CC)(CO)CP.II.O.O.O. The van der Waals surface area contributed by atoms with Crippen molar-refractivity contribution in [3.8, 4) is 0 Å². The first-order chi connectivity index (χ1) is 5.24. The summed E-state index contributed by atoms with van der Waals surface area (Å²) in [6.07, 6.45) is 3.16. The lowest BCUT2D eigenvalue weighted by Gasteiger charge is -2.26. The van der Waals surface area contributed by atoms with Gasteiger partial charge in [-0.2, -0.15) is 0 Å². The van der Waals surface area contributed by atoms with E-state index >= 15 is 0 Å². The minimum absolute atomic E-state index is 0. The zero-order valence-corrected chi connectivity index (χ0v) is 14.1. The molecule has 0 aromatic heterocycles. The van der Waals surface area contributed by atoms with E-state index in [9.17, 15) is 0 Å². The summed E-state index contributed by atoms with van der Waals surface area (Å²) < 4.78 is 0. The Balaban J connectivity index is -0.0000000505. The molecule has 0 amide bonds. The smallest absolute Gasteiger partial charge is 0.0490 e. The lowest BCUT2D eigenvalue weighted by Crippen LogP contribution is -2.25. The zero-order chi connectivity index (χ0) is 9.33. The Hall–Kier alpha value is 1.73. The molecule has 7 heteroatoms. The Labute approximate surface area is 112 Å². The minimum atomic E-state index is 0. The average Bonchev–Trinajstić information content (AvgIpc) is 2.13. The molecule has 0 aliphatic carbocycles. The van der Waals surface area contributed by atoms with Crippen molar-refractivity contribution < 1.29 is 21.5 Å². The van der Waals surface area contributed by atoms with Crippen LogP contribution in [-0.2, 0) is 0 Å². The molecule has 0 bridgehead atoms. The second-order valence-electron chi connectivity index (χ2n) is 2.57. The van der Waals surface area contributed by atoms with Crippen LogP contribution in [0.1, 0.15) is 26.7 Å². The Morgan fingerprint density at radius 3 is 1.36 bits per heavy atom. The first-order valence-electron chi connectivity index (χ1n) is 3.70. The molecule has 0 heterocycles. The number of hydrogen-bond donors (Lipinski definition) is 1. The van der Waals surface area contributed by atoms with Gasteiger partial charge in [0.2, 0.25) is 0 Å². The van der Waals surface area contributed by atoms with E-state index in [1.54, 1.807) is 0 Å². The number of aliphatic hydroxyl groups is 1. The summed E-state index contributed by atoms with van der Waals surface area (Å²) in [5.74, 6) is 0. The number of halogens is 2. The summed E-state index contributed by atoms with van der Waals surface area (Å²) in [6, 6.07) is 0. The molecule has 0 aromatic carbocycles. The highest BCUT2D eigenvalue weighted by atomic mass is 128. The highest BCUT2D eigenvalue weighted by Crippen LogP contribution is 2.27. The van der Waals surface area contributed by atoms with Crippen molar-refractivity contribution in [3.05, 3.63) is 0 Å². The molecule has 0 aliphatic rings. The summed E-state index contributed by atoms with van der Waals surface area (Å²) in [5.41, 5.74) is 0.185. The fourth-order valence-corrected chi connectivity index (χ4v) is 1.53. The quantitative estimate of drug-likeness (QED) is 0.493. The lowest BCUT2D eigenvalue weighted by molar-refractivity contribution is 0.138. The maximum absolute atomic E-state index is 8.96. The van der Waals surface area contributed by atoms with Gasteiger partial charge in [-0.05, 0) is 24.4 Å². The van der Waals surface area contributed by atoms with Crippen molar-refractivity contribution in [3.63, 3.8) is 0 Å². The molecular weight excluding hydrogens is 433 g/mol. The Kier molecular flexibility index (Phi) is 42.7. The Morgan fingerprint density at radius 1 is 1.07 bits per heavy atom. The van der Waals surface area contributed by atoms with E-state index in [0.29, 0.717) is 6.61 Å². The molecule has 94 valence electrons. The van der Waals surface area contributed by atoms with Crippen LogP contribution >= 0.6 is 46.5 Å². The predicted octanol–water partition coefficient (Wildman–Crippen LogP) is 0.958. The van der Waals surface area contributed by atoms with Gasteiger partial charge in [-0.3, -0.25) is 0 Å². The van der Waals surface area contributed by atoms with E-state index in [2.05, 4.69) is 60.3 Å². The third-order valence-corrected chi connectivity index (χ3v) is 3.13. The third kappa shape index (κ3) is 11.8. The fraction of sp³-hybridized carbons (Fsp3) is 1.00. The van der Waals surface area contributed by atoms with Crippen LogP contribution in [0, 0.1) is 5.41 Å². The van der Waals surface area contributed by atoms with Crippen molar-refractivity contribution in [2.24, 2.45) is 5.41 Å². The van der Waals surface area contributed by atoms with Gasteiger partial charge in [-0.15, -0.1) is 9.24 Å². The molecule has 0 saturated carbocycles. The molecule has 0 aliphatic heterocycles. The van der Waals surface area contributed by atoms with Crippen LogP contribution in [0.2, 0.25) is 0 Å². The maximum Gasteiger partial charge on any atom is 0.0490 e. The predicted molar refractivity (Wildman–Crippen MR) is 83.6 cm³/mol. The van der Waals surface area contributed by atoms with Crippen molar-refractivity contribution in [1.29, 1.82) is 0 Å². The molecule has 0 rings (SSSR count). The molecule has 0 aromatic rings. The van der Waals surface area contributed by atoms with Crippen LogP contribution in [0.5, 0.6) is 0 Å². The van der Waals surface area contributed by atoms with Crippen molar-refractivity contribution in [2.75, 3.05) is 12.8 Å². The maximum atomic E-state index is 8.96. The van der Waals surface area contributed by atoms with E-state index in [4.69, 9.17) is 5.11 Å². The molecule has 14 heavy (non-hydrogen) atoms. The van der Waals surface area contributed by atoms with Crippen LogP contribution < -0.4 is 0 Å². The molecule has 0 spiro atoms. The molecule has 4 nitrogen and oxygen atoms in total. The standard InChI is InChI=1S/C7H17OP.I2.3H2O/c1-3-7(4-2,5-8)6-9;1-2;;;/h8H,3-6,9H2,1-2H3;;3*1H2. The largest absolute Gasteiger partial charge is 0.412 e. The molecule has 1 atom stereocenters. The minimum Gasteiger partial charge on any atom is -0.412 e. The van der Waals surface area contributed by atoms with Gasteiger partial charge >= 0.3 is 0 Å². The zero-order valence-electron chi connectivity index (χ0n) is 8.61. The van der Waals surface area contributed by atoms with Crippen molar-refractivity contribution in [2.45, 2.75) is 26.7 Å². The number of rotatable bonds is 4. The Bertz CT molecular complexity index is 66.6. The fourth-order valence-electron chi connectivity index (χ4n) is 0.827. The van der Waals surface area contributed by atoms with Crippen molar-refractivity contribution >= 4 is 46.5 Å². The monoisotopic (exact) mass is 456 g/mol. The van der Waals surface area contributed by atoms with Gasteiger partial charge in [0.15, 0.2) is 0 Å². The van der Waals surface area contributed by atoms with Gasteiger partial charge in [0.1, 0.15) is 0 Å². The van der Waals surface area contributed by atoms with Crippen LogP contribution in [-0.4, -0.2) is 34.3 Å². The lowest BCUT2D eigenvalue weighted by atomic mass is 9.86. The highest BCUT2D eigenvalue weighted by Gasteiger charge is 2.21. The third-order valence-electron chi connectivity index (χ3n) is 2.27. The second kappa shape index (κ2) is 20.2. The van der Waals surface area contributed by atoms with Gasteiger partial charge in [-0.1, -0.05) is 13.8 Å². The van der Waals surface area contributed by atoms with Crippen molar-refractivity contribution in [1.82, 2.24) is 0 Å². The molecule has 0 saturated heterocycles. The summed E-state index contributed by atoms with van der Waals surface area (Å²) >= 11 is 4.24.